The van der Waals surface area contributed by atoms with E-state index in [2.05, 4.69) is 47.1 Å². The quantitative estimate of drug-likeness (QED) is 0.851. The largest absolute Gasteiger partial charge is 0.329 e. The van der Waals surface area contributed by atoms with Gasteiger partial charge in [0.1, 0.15) is 0 Å². The minimum atomic E-state index is 0.384. The Hall–Kier alpha value is -0.900. The SMILES string of the molecule is CCN1CCN([C@@H](CN)c2ccccc2)CC1. The first-order valence-corrected chi connectivity index (χ1v) is 6.56. The van der Waals surface area contributed by atoms with Gasteiger partial charge in [-0.05, 0) is 12.1 Å². The lowest BCUT2D eigenvalue weighted by atomic mass is 10.0. The Bertz CT molecular complexity index is 317. The van der Waals surface area contributed by atoms with Gasteiger partial charge >= 0.3 is 0 Å². The summed E-state index contributed by atoms with van der Waals surface area (Å²) in [6, 6.07) is 11.0. The van der Waals surface area contributed by atoms with E-state index in [4.69, 9.17) is 5.73 Å². The summed E-state index contributed by atoms with van der Waals surface area (Å²) in [5.41, 5.74) is 7.29. The molecule has 1 aliphatic rings. The van der Waals surface area contributed by atoms with Crippen molar-refractivity contribution < 1.29 is 0 Å². The van der Waals surface area contributed by atoms with Gasteiger partial charge in [0.15, 0.2) is 0 Å². The minimum Gasteiger partial charge on any atom is -0.329 e. The first kappa shape index (κ1) is 12.6. The minimum absolute atomic E-state index is 0.384. The summed E-state index contributed by atoms with van der Waals surface area (Å²) < 4.78 is 0. The average molecular weight is 233 g/mol. The molecule has 0 amide bonds. The standard InChI is InChI=1S/C14H23N3/c1-2-16-8-10-17(11-9-16)14(12-15)13-6-4-3-5-7-13/h3-7,14H,2,8-12,15H2,1H3/t14-/m0/s1. The molecule has 1 aromatic carbocycles. The normalized spacial score (nSPS) is 20.4. The van der Waals surface area contributed by atoms with Crippen LogP contribution in [0.2, 0.25) is 0 Å². The molecule has 0 aliphatic carbocycles. The maximum atomic E-state index is 5.95. The van der Waals surface area contributed by atoms with Crippen molar-refractivity contribution in [3.05, 3.63) is 35.9 Å². The van der Waals surface area contributed by atoms with E-state index in [-0.39, 0.29) is 0 Å². The molecule has 0 saturated carbocycles. The highest BCUT2D eigenvalue weighted by Gasteiger charge is 2.23. The van der Waals surface area contributed by atoms with Crippen molar-refractivity contribution in [2.75, 3.05) is 39.3 Å². The molecular weight excluding hydrogens is 210 g/mol. The van der Waals surface area contributed by atoms with Crippen LogP contribution in [-0.4, -0.2) is 49.1 Å². The highest BCUT2D eigenvalue weighted by molar-refractivity contribution is 5.19. The summed E-state index contributed by atoms with van der Waals surface area (Å²) in [7, 11) is 0. The third kappa shape index (κ3) is 3.06. The van der Waals surface area contributed by atoms with Crippen molar-refractivity contribution in [3.8, 4) is 0 Å². The second-order valence-electron chi connectivity index (χ2n) is 4.63. The Kier molecular flexibility index (Phi) is 4.54. The van der Waals surface area contributed by atoms with Crippen molar-refractivity contribution in [2.24, 2.45) is 5.73 Å². The van der Waals surface area contributed by atoms with Crippen LogP contribution in [0.4, 0.5) is 0 Å². The fourth-order valence-electron chi connectivity index (χ4n) is 2.56. The third-order valence-corrected chi connectivity index (χ3v) is 3.70. The van der Waals surface area contributed by atoms with Gasteiger partial charge in [0.25, 0.3) is 0 Å². The van der Waals surface area contributed by atoms with Gasteiger partial charge in [0.05, 0.1) is 0 Å². The van der Waals surface area contributed by atoms with E-state index < -0.39 is 0 Å². The number of likely N-dealkylation sites (N-methyl/N-ethyl adjacent to an activating group) is 1. The van der Waals surface area contributed by atoms with Gasteiger partial charge in [-0.25, -0.2) is 0 Å². The first-order valence-electron chi connectivity index (χ1n) is 6.56. The Morgan fingerprint density at radius 3 is 2.29 bits per heavy atom. The second-order valence-corrected chi connectivity index (χ2v) is 4.63. The number of hydrogen-bond acceptors (Lipinski definition) is 3. The van der Waals surface area contributed by atoms with Crippen LogP contribution in [0, 0.1) is 0 Å². The summed E-state index contributed by atoms with van der Waals surface area (Å²) in [4.78, 5) is 5.01. The van der Waals surface area contributed by atoms with E-state index in [0.29, 0.717) is 12.6 Å². The molecule has 1 aromatic rings. The number of hydrogen-bond donors (Lipinski definition) is 1. The zero-order chi connectivity index (χ0) is 12.1. The van der Waals surface area contributed by atoms with Gasteiger partial charge < -0.3 is 10.6 Å². The van der Waals surface area contributed by atoms with Crippen LogP contribution in [0.3, 0.4) is 0 Å². The van der Waals surface area contributed by atoms with Crippen LogP contribution in [0.25, 0.3) is 0 Å². The van der Waals surface area contributed by atoms with Gasteiger partial charge in [-0.1, -0.05) is 37.3 Å². The molecule has 2 N–H and O–H groups in total. The van der Waals surface area contributed by atoms with Crippen molar-refractivity contribution in [2.45, 2.75) is 13.0 Å². The Morgan fingerprint density at radius 2 is 1.76 bits per heavy atom. The molecule has 94 valence electrons. The van der Waals surface area contributed by atoms with Crippen molar-refractivity contribution >= 4 is 0 Å². The lowest BCUT2D eigenvalue weighted by molar-refractivity contribution is 0.102. The fourth-order valence-corrected chi connectivity index (χ4v) is 2.56. The predicted octanol–water partition coefficient (Wildman–Crippen LogP) is 1.32. The summed E-state index contributed by atoms with van der Waals surface area (Å²) in [5, 5.41) is 0. The zero-order valence-corrected chi connectivity index (χ0v) is 10.7. The third-order valence-electron chi connectivity index (χ3n) is 3.70. The Labute approximate surface area is 104 Å². The van der Waals surface area contributed by atoms with E-state index in [1.54, 1.807) is 0 Å². The Balaban J connectivity index is 2.00. The van der Waals surface area contributed by atoms with Crippen molar-refractivity contribution in [1.82, 2.24) is 9.80 Å². The maximum Gasteiger partial charge on any atom is 0.0471 e. The summed E-state index contributed by atoms with van der Waals surface area (Å²) in [6.45, 7) is 8.69. The molecule has 0 aromatic heterocycles. The van der Waals surface area contributed by atoms with E-state index in [9.17, 15) is 0 Å². The van der Waals surface area contributed by atoms with Crippen LogP contribution >= 0.6 is 0 Å². The number of benzene rings is 1. The molecule has 3 heteroatoms. The van der Waals surface area contributed by atoms with Crippen LogP contribution in [0.5, 0.6) is 0 Å². The highest BCUT2D eigenvalue weighted by Crippen LogP contribution is 2.20. The predicted molar refractivity (Wildman–Crippen MR) is 71.9 cm³/mol. The monoisotopic (exact) mass is 233 g/mol. The molecule has 0 radical (unpaired) electrons. The molecule has 1 saturated heterocycles. The smallest absolute Gasteiger partial charge is 0.0471 e. The molecule has 17 heavy (non-hydrogen) atoms. The molecule has 1 aliphatic heterocycles. The maximum absolute atomic E-state index is 5.95. The number of rotatable bonds is 4. The average Bonchev–Trinajstić information content (AvgIpc) is 2.42. The summed E-state index contributed by atoms with van der Waals surface area (Å²) >= 11 is 0. The highest BCUT2D eigenvalue weighted by atomic mass is 15.3. The molecule has 0 bridgehead atoms. The van der Waals surface area contributed by atoms with E-state index >= 15 is 0 Å². The topological polar surface area (TPSA) is 32.5 Å². The first-order chi connectivity index (χ1) is 8.35. The Morgan fingerprint density at radius 1 is 1.12 bits per heavy atom. The summed E-state index contributed by atoms with van der Waals surface area (Å²) in [5.74, 6) is 0. The van der Waals surface area contributed by atoms with Crippen LogP contribution in [-0.2, 0) is 0 Å². The van der Waals surface area contributed by atoms with E-state index in [1.807, 2.05) is 0 Å². The molecule has 0 unspecified atom stereocenters. The molecule has 2 rings (SSSR count). The molecule has 1 heterocycles. The van der Waals surface area contributed by atoms with Crippen molar-refractivity contribution in [3.63, 3.8) is 0 Å². The van der Waals surface area contributed by atoms with Gasteiger partial charge in [0.2, 0.25) is 0 Å². The lowest BCUT2D eigenvalue weighted by Gasteiger charge is -2.38. The summed E-state index contributed by atoms with van der Waals surface area (Å²) in [6.07, 6.45) is 0. The number of nitrogens with two attached hydrogens (primary N) is 1. The van der Waals surface area contributed by atoms with Crippen LogP contribution in [0.1, 0.15) is 18.5 Å². The van der Waals surface area contributed by atoms with Gasteiger partial charge in [-0.15, -0.1) is 0 Å². The van der Waals surface area contributed by atoms with Gasteiger partial charge in [-0.2, -0.15) is 0 Å². The molecule has 3 nitrogen and oxygen atoms in total. The molecule has 1 fully saturated rings. The lowest BCUT2D eigenvalue weighted by Crippen LogP contribution is -2.48. The molecular formula is C14H23N3. The fraction of sp³-hybridized carbons (Fsp3) is 0.571. The molecule has 0 spiro atoms. The second kappa shape index (κ2) is 6.15. The number of piperazine rings is 1. The number of nitrogens with zero attached hydrogens (tertiary/aromatic N) is 2. The van der Waals surface area contributed by atoms with E-state index in [0.717, 1.165) is 19.6 Å². The van der Waals surface area contributed by atoms with Crippen LogP contribution in [0.15, 0.2) is 30.3 Å². The van der Waals surface area contributed by atoms with E-state index in [1.165, 1.54) is 18.7 Å². The van der Waals surface area contributed by atoms with Gasteiger partial charge in [0, 0.05) is 38.8 Å². The molecule has 1 atom stereocenters. The van der Waals surface area contributed by atoms with Gasteiger partial charge in [-0.3, -0.25) is 4.90 Å². The zero-order valence-electron chi connectivity index (χ0n) is 10.7. The van der Waals surface area contributed by atoms with Crippen molar-refractivity contribution in [1.29, 1.82) is 0 Å². The van der Waals surface area contributed by atoms with Crippen LogP contribution < -0.4 is 5.73 Å².